The summed E-state index contributed by atoms with van der Waals surface area (Å²) < 4.78 is 2.14. The Hall–Kier alpha value is -3.40. The Kier molecular flexibility index (Phi) is 3.53. The number of aliphatic imine (C=N–C) groups is 1. The van der Waals surface area contributed by atoms with E-state index >= 15 is 0 Å². The molecule has 0 fully saturated rings. The van der Waals surface area contributed by atoms with Gasteiger partial charge in [0.25, 0.3) is 0 Å². The summed E-state index contributed by atoms with van der Waals surface area (Å²) in [5, 5.41) is 3.49. The molecule has 0 radical (unpaired) electrons. The van der Waals surface area contributed by atoms with Crippen molar-refractivity contribution in [2.24, 2.45) is 4.99 Å². The number of fused-ring (bicyclic) bond motifs is 3. The van der Waals surface area contributed by atoms with E-state index in [4.69, 9.17) is 9.98 Å². The van der Waals surface area contributed by atoms with Crippen molar-refractivity contribution in [3.63, 3.8) is 0 Å². The van der Waals surface area contributed by atoms with Crippen LogP contribution in [0.5, 0.6) is 0 Å². The molecule has 4 nitrogen and oxygen atoms in total. The van der Waals surface area contributed by atoms with Crippen molar-refractivity contribution in [2.45, 2.75) is 12.5 Å². The highest BCUT2D eigenvalue weighted by Gasteiger charge is 2.25. The van der Waals surface area contributed by atoms with E-state index in [1.54, 1.807) is 0 Å². The van der Waals surface area contributed by atoms with Gasteiger partial charge in [0.15, 0.2) is 0 Å². The fourth-order valence-corrected chi connectivity index (χ4v) is 3.48. The van der Waals surface area contributed by atoms with Gasteiger partial charge in [0.2, 0.25) is 5.96 Å². The first-order valence-electron chi connectivity index (χ1n) is 8.80. The Morgan fingerprint density at radius 3 is 2.31 bits per heavy atom. The second-order valence-corrected chi connectivity index (χ2v) is 6.43. The molecule has 0 saturated carbocycles. The fourth-order valence-electron chi connectivity index (χ4n) is 3.48. The Balaban J connectivity index is 1.65. The molecular weight excluding hydrogens is 320 g/mol. The summed E-state index contributed by atoms with van der Waals surface area (Å²) in [7, 11) is 0. The zero-order valence-corrected chi connectivity index (χ0v) is 14.2. The second-order valence-electron chi connectivity index (χ2n) is 6.43. The lowest BCUT2D eigenvalue weighted by Crippen LogP contribution is -2.29. The highest BCUT2D eigenvalue weighted by molar-refractivity contribution is 6.01. The number of nitrogens with zero attached hydrogens (tertiary/aromatic N) is 3. The van der Waals surface area contributed by atoms with Crippen molar-refractivity contribution < 1.29 is 0 Å². The van der Waals surface area contributed by atoms with Crippen molar-refractivity contribution in [3.05, 3.63) is 96.3 Å². The van der Waals surface area contributed by atoms with Gasteiger partial charge < -0.3 is 5.32 Å². The smallest absolute Gasteiger partial charge is 0.209 e. The predicted octanol–water partition coefficient (Wildman–Crippen LogP) is 4.65. The number of benzene rings is 3. The molecule has 3 aromatic carbocycles. The van der Waals surface area contributed by atoms with Crippen LogP contribution in [0.1, 0.15) is 17.4 Å². The van der Waals surface area contributed by atoms with Gasteiger partial charge >= 0.3 is 0 Å². The van der Waals surface area contributed by atoms with Crippen LogP contribution in [0.25, 0.3) is 11.0 Å². The summed E-state index contributed by atoms with van der Waals surface area (Å²) >= 11 is 0. The van der Waals surface area contributed by atoms with Gasteiger partial charge in [0, 0.05) is 12.1 Å². The maximum absolute atomic E-state index is 5.04. The van der Waals surface area contributed by atoms with E-state index in [-0.39, 0.29) is 6.04 Å². The minimum Gasteiger partial charge on any atom is -0.326 e. The number of hydrogen-bond acceptors (Lipinski definition) is 3. The van der Waals surface area contributed by atoms with Gasteiger partial charge in [-0.3, -0.25) is 4.57 Å². The number of para-hydroxylation sites is 3. The van der Waals surface area contributed by atoms with Gasteiger partial charge in [-0.1, -0.05) is 60.7 Å². The van der Waals surface area contributed by atoms with Crippen molar-refractivity contribution in [1.29, 1.82) is 0 Å². The van der Waals surface area contributed by atoms with Crippen LogP contribution in [0.2, 0.25) is 0 Å². The zero-order valence-electron chi connectivity index (χ0n) is 14.2. The standard InChI is InChI=1S/C22H18N4/c1-3-9-16(10-4-1)19-15-21-24-18-13-7-8-14-20(18)26(21)22(25-19)23-17-11-5-2-6-12-17/h1-14,19H,15H2,(H,23,25). The monoisotopic (exact) mass is 338 g/mol. The third-order valence-electron chi connectivity index (χ3n) is 4.71. The molecule has 126 valence electrons. The van der Waals surface area contributed by atoms with Crippen molar-refractivity contribution in [2.75, 3.05) is 5.32 Å². The Morgan fingerprint density at radius 2 is 1.50 bits per heavy atom. The van der Waals surface area contributed by atoms with Crippen LogP contribution >= 0.6 is 0 Å². The molecule has 0 saturated heterocycles. The van der Waals surface area contributed by atoms with Crippen LogP contribution in [0.3, 0.4) is 0 Å². The lowest BCUT2D eigenvalue weighted by Gasteiger charge is -2.23. The molecule has 0 spiro atoms. The lowest BCUT2D eigenvalue weighted by molar-refractivity contribution is 0.657. The highest BCUT2D eigenvalue weighted by atomic mass is 15.3. The molecule has 1 aromatic heterocycles. The number of hydrogen-bond donors (Lipinski definition) is 1. The minimum absolute atomic E-state index is 0.0618. The van der Waals surface area contributed by atoms with Crippen LogP contribution in [-0.4, -0.2) is 15.5 Å². The molecule has 2 heterocycles. The first-order valence-corrected chi connectivity index (χ1v) is 8.80. The molecule has 4 aromatic rings. The van der Waals surface area contributed by atoms with E-state index in [2.05, 4.69) is 46.3 Å². The van der Waals surface area contributed by atoms with Crippen molar-refractivity contribution in [3.8, 4) is 0 Å². The van der Waals surface area contributed by atoms with Crippen LogP contribution in [0.4, 0.5) is 5.69 Å². The van der Waals surface area contributed by atoms with Gasteiger partial charge in [-0.2, -0.15) is 0 Å². The molecule has 1 aliphatic heterocycles. The topological polar surface area (TPSA) is 42.2 Å². The molecule has 0 amide bonds. The summed E-state index contributed by atoms with van der Waals surface area (Å²) in [6.07, 6.45) is 0.790. The molecule has 26 heavy (non-hydrogen) atoms. The second kappa shape index (κ2) is 6.15. The molecule has 1 aliphatic rings. The SMILES string of the molecule is c1ccc(NC2=NC(c3ccccc3)Cc3nc4ccccc4n32)cc1. The van der Waals surface area contributed by atoms with E-state index in [0.29, 0.717) is 0 Å². The maximum atomic E-state index is 5.04. The first-order chi connectivity index (χ1) is 12.9. The van der Waals surface area contributed by atoms with Gasteiger partial charge in [0.05, 0.1) is 17.1 Å². The summed E-state index contributed by atoms with van der Waals surface area (Å²) in [4.78, 5) is 9.90. The summed E-state index contributed by atoms with van der Waals surface area (Å²) in [6.45, 7) is 0. The quantitative estimate of drug-likeness (QED) is 0.578. The van der Waals surface area contributed by atoms with E-state index in [0.717, 1.165) is 34.9 Å². The Labute approximate surface area is 151 Å². The Bertz CT molecular complexity index is 1080. The number of imidazole rings is 1. The molecule has 0 aliphatic carbocycles. The lowest BCUT2D eigenvalue weighted by atomic mass is 10.0. The van der Waals surface area contributed by atoms with Crippen molar-refractivity contribution >= 4 is 22.7 Å². The maximum Gasteiger partial charge on any atom is 0.209 e. The predicted molar refractivity (Wildman–Crippen MR) is 106 cm³/mol. The molecule has 1 N–H and O–H groups in total. The van der Waals surface area contributed by atoms with E-state index < -0.39 is 0 Å². The first kappa shape index (κ1) is 14.9. The third-order valence-corrected chi connectivity index (χ3v) is 4.71. The number of nitrogens with one attached hydrogen (secondary N) is 1. The average molecular weight is 338 g/mol. The van der Waals surface area contributed by atoms with Gasteiger partial charge in [-0.05, 0) is 29.8 Å². The minimum atomic E-state index is 0.0618. The van der Waals surface area contributed by atoms with Gasteiger partial charge in [-0.25, -0.2) is 9.98 Å². The molecule has 1 unspecified atom stereocenters. The summed E-state index contributed by atoms with van der Waals surface area (Å²) in [5.74, 6) is 1.86. The number of aromatic nitrogens is 2. The van der Waals surface area contributed by atoms with E-state index in [9.17, 15) is 0 Å². The van der Waals surface area contributed by atoms with Crippen LogP contribution in [-0.2, 0) is 6.42 Å². The summed E-state index contributed by atoms with van der Waals surface area (Å²) in [6, 6.07) is 28.9. The molecule has 1 atom stereocenters. The largest absolute Gasteiger partial charge is 0.326 e. The summed E-state index contributed by atoms with van der Waals surface area (Å²) in [5.41, 5.74) is 4.30. The van der Waals surface area contributed by atoms with Gasteiger partial charge in [0.1, 0.15) is 5.82 Å². The van der Waals surface area contributed by atoms with E-state index in [1.807, 2.05) is 48.5 Å². The van der Waals surface area contributed by atoms with Crippen molar-refractivity contribution in [1.82, 2.24) is 9.55 Å². The number of rotatable bonds is 2. The molecule has 4 heteroatoms. The molecule has 5 rings (SSSR count). The van der Waals surface area contributed by atoms with Gasteiger partial charge in [-0.15, -0.1) is 0 Å². The van der Waals surface area contributed by atoms with Crippen LogP contribution in [0.15, 0.2) is 89.9 Å². The normalized spacial score (nSPS) is 16.2. The van der Waals surface area contributed by atoms with E-state index in [1.165, 1.54) is 5.56 Å². The number of anilines is 1. The average Bonchev–Trinajstić information content (AvgIpc) is 3.08. The Morgan fingerprint density at radius 1 is 0.808 bits per heavy atom. The fraction of sp³-hybridized carbons (Fsp3) is 0.0909. The third kappa shape index (κ3) is 2.56. The highest BCUT2D eigenvalue weighted by Crippen LogP contribution is 2.29. The zero-order chi connectivity index (χ0) is 17.3. The van der Waals surface area contributed by atoms with Crippen LogP contribution < -0.4 is 5.32 Å². The molecule has 0 bridgehead atoms. The molecular formula is C22H18N4. The van der Waals surface area contributed by atoms with Crippen LogP contribution in [0, 0.1) is 0 Å².